The highest BCUT2D eigenvalue weighted by Crippen LogP contribution is 2.27. The first-order valence-electron chi connectivity index (χ1n) is 7.36. The van der Waals surface area contributed by atoms with Crippen LogP contribution in [0.3, 0.4) is 0 Å². The van der Waals surface area contributed by atoms with Gasteiger partial charge in [0.05, 0.1) is 12.0 Å². The maximum absolute atomic E-state index is 12.8. The lowest BCUT2D eigenvalue weighted by Gasteiger charge is -2.36. The SMILES string of the molecule is CN(CCOc1ccc(F)cc1)C(=O)C1(C)CCCNC1. The Morgan fingerprint density at radius 1 is 1.43 bits per heavy atom. The third kappa shape index (κ3) is 4.17. The molecule has 1 atom stereocenters. The van der Waals surface area contributed by atoms with Gasteiger partial charge < -0.3 is 15.0 Å². The van der Waals surface area contributed by atoms with E-state index >= 15 is 0 Å². The van der Waals surface area contributed by atoms with E-state index in [1.165, 1.54) is 12.1 Å². The van der Waals surface area contributed by atoms with Crippen molar-refractivity contribution in [2.75, 3.05) is 33.3 Å². The predicted molar refractivity (Wildman–Crippen MR) is 79.7 cm³/mol. The van der Waals surface area contributed by atoms with Gasteiger partial charge in [-0.15, -0.1) is 0 Å². The number of halogens is 1. The number of benzene rings is 1. The molecule has 5 heteroatoms. The van der Waals surface area contributed by atoms with Gasteiger partial charge in [0.15, 0.2) is 0 Å². The first-order valence-corrected chi connectivity index (χ1v) is 7.36. The maximum Gasteiger partial charge on any atom is 0.229 e. The van der Waals surface area contributed by atoms with Gasteiger partial charge in [0.1, 0.15) is 18.2 Å². The van der Waals surface area contributed by atoms with Crippen LogP contribution in [0.1, 0.15) is 19.8 Å². The van der Waals surface area contributed by atoms with Crippen molar-refractivity contribution in [2.45, 2.75) is 19.8 Å². The number of piperidine rings is 1. The molecule has 1 saturated heterocycles. The average Bonchev–Trinajstić information content (AvgIpc) is 2.49. The Bertz CT molecular complexity index is 470. The molecule has 1 aliphatic rings. The van der Waals surface area contributed by atoms with E-state index in [-0.39, 0.29) is 17.1 Å². The highest BCUT2D eigenvalue weighted by Gasteiger charge is 2.36. The summed E-state index contributed by atoms with van der Waals surface area (Å²) in [4.78, 5) is 14.2. The van der Waals surface area contributed by atoms with Crippen LogP contribution in [0.25, 0.3) is 0 Å². The second kappa shape index (κ2) is 6.89. The van der Waals surface area contributed by atoms with Crippen molar-refractivity contribution in [3.63, 3.8) is 0 Å². The Labute approximate surface area is 125 Å². The summed E-state index contributed by atoms with van der Waals surface area (Å²) in [5.41, 5.74) is -0.317. The third-order valence-electron chi connectivity index (χ3n) is 3.97. The first kappa shape index (κ1) is 15.8. The summed E-state index contributed by atoms with van der Waals surface area (Å²) in [6.45, 7) is 4.65. The van der Waals surface area contributed by atoms with Crippen LogP contribution < -0.4 is 10.1 Å². The van der Waals surface area contributed by atoms with Crippen molar-refractivity contribution in [1.82, 2.24) is 10.2 Å². The minimum absolute atomic E-state index is 0.150. The van der Waals surface area contributed by atoms with Crippen molar-refractivity contribution in [3.05, 3.63) is 30.1 Å². The van der Waals surface area contributed by atoms with Gasteiger partial charge in [-0.2, -0.15) is 0 Å². The van der Waals surface area contributed by atoms with Crippen LogP contribution in [0.2, 0.25) is 0 Å². The molecule has 4 nitrogen and oxygen atoms in total. The van der Waals surface area contributed by atoms with Crippen LogP contribution in [0, 0.1) is 11.2 Å². The Hall–Kier alpha value is -1.62. The Kier molecular flexibility index (Phi) is 5.17. The standard InChI is InChI=1S/C16H23FN2O2/c1-16(8-3-9-18-12-16)15(20)19(2)10-11-21-14-6-4-13(17)5-7-14/h4-7,18H,3,8-12H2,1-2H3. The fourth-order valence-corrected chi connectivity index (χ4v) is 2.63. The molecule has 1 aromatic carbocycles. The molecule has 0 spiro atoms. The van der Waals surface area contributed by atoms with Crippen molar-refractivity contribution in [3.8, 4) is 5.75 Å². The molecular weight excluding hydrogens is 271 g/mol. The summed E-state index contributed by atoms with van der Waals surface area (Å²) >= 11 is 0. The molecule has 1 amide bonds. The molecule has 1 heterocycles. The number of nitrogens with one attached hydrogen (secondary N) is 1. The second-order valence-electron chi connectivity index (χ2n) is 5.87. The summed E-state index contributed by atoms with van der Waals surface area (Å²) < 4.78 is 18.3. The Morgan fingerprint density at radius 2 is 2.14 bits per heavy atom. The van der Waals surface area contributed by atoms with Crippen molar-refractivity contribution >= 4 is 5.91 Å². The van der Waals surface area contributed by atoms with Gasteiger partial charge >= 0.3 is 0 Å². The predicted octanol–water partition coefficient (Wildman–Crippen LogP) is 2.05. The smallest absolute Gasteiger partial charge is 0.229 e. The monoisotopic (exact) mass is 294 g/mol. The summed E-state index contributed by atoms with van der Waals surface area (Å²) in [7, 11) is 1.80. The second-order valence-corrected chi connectivity index (χ2v) is 5.87. The number of hydrogen-bond donors (Lipinski definition) is 1. The summed E-state index contributed by atoms with van der Waals surface area (Å²) in [5, 5.41) is 3.28. The zero-order chi connectivity index (χ0) is 15.3. The van der Waals surface area contributed by atoms with E-state index in [4.69, 9.17) is 4.74 Å². The molecule has 1 aromatic rings. The minimum atomic E-state index is -0.317. The molecule has 1 N–H and O–H groups in total. The van der Waals surface area contributed by atoms with Gasteiger partial charge in [-0.3, -0.25) is 4.79 Å². The molecular formula is C16H23FN2O2. The number of likely N-dealkylation sites (N-methyl/N-ethyl adjacent to an activating group) is 1. The van der Waals surface area contributed by atoms with Crippen molar-refractivity contribution in [2.24, 2.45) is 5.41 Å². The lowest BCUT2D eigenvalue weighted by atomic mass is 9.81. The van der Waals surface area contributed by atoms with E-state index in [0.29, 0.717) is 18.9 Å². The number of carbonyl (C=O) groups excluding carboxylic acids is 1. The quantitative estimate of drug-likeness (QED) is 0.904. The maximum atomic E-state index is 12.8. The topological polar surface area (TPSA) is 41.6 Å². The molecule has 1 aliphatic heterocycles. The van der Waals surface area contributed by atoms with Crippen molar-refractivity contribution < 1.29 is 13.9 Å². The third-order valence-corrected chi connectivity index (χ3v) is 3.97. The highest BCUT2D eigenvalue weighted by molar-refractivity contribution is 5.82. The van der Waals surface area contributed by atoms with Crippen LogP contribution in [-0.2, 0) is 4.79 Å². The number of carbonyl (C=O) groups is 1. The molecule has 116 valence electrons. The molecule has 0 aliphatic carbocycles. The molecule has 1 unspecified atom stereocenters. The zero-order valence-corrected chi connectivity index (χ0v) is 12.7. The van der Waals surface area contributed by atoms with E-state index in [9.17, 15) is 9.18 Å². The van der Waals surface area contributed by atoms with Gasteiger partial charge in [0.25, 0.3) is 0 Å². The molecule has 21 heavy (non-hydrogen) atoms. The van der Waals surface area contributed by atoms with E-state index in [1.807, 2.05) is 6.92 Å². The van der Waals surface area contributed by atoms with Crippen LogP contribution in [0.15, 0.2) is 24.3 Å². The summed E-state index contributed by atoms with van der Waals surface area (Å²) in [6.07, 6.45) is 1.95. The largest absolute Gasteiger partial charge is 0.492 e. The lowest BCUT2D eigenvalue weighted by Crippen LogP contribution is -2.49. The van der Waals surface area contributed by atoms with E-state index in [1.54, 1.807) is 24.1 Å². The number of amides is 1. The Morgan fingerprint density at radius 3 is 2.76 bits per heavy atom. The van der Waals surface area contributed by atoms with Gasteiger partial charge in [-0.25, -0.2) is 4.39 Å². The summed E-state index contributed by atoms with van der Waals surface area (Å²) in [6, 6.07) is 5.89. The van der Waals surface area contributed by atoms with Crippen LogP contribution >= 0.6 is 0 Å². The Balaban J connectivity index is 1.79. The van der Waals surface area contributed by atoms with Crippen molar-refractivity contribution in [1.29, 1.82) is 0 Å². The number of ether oxygens (including phenoxy) is 1. The zero-order valence-electron chi connectivity index (χ0n) is 12.7. The van der Waals surface area contributed by atoms with Gasteiger partial charge in [0, 0.05) is 13.6 Å². The number of rotatable bonds is 5. The van der Waals surface area contributed by atoms with E-state index in [0.717, 1.165) is 25.9 Å². The lowest BCUT2D eigenvalue weighted by molar-refractivity contribution is -0.141. The normalized spacial score (nSPS) is 21.9. The fraction of sp³-hybridized carbons (Fsp3) is 0.562. The minimum Gasteiger partial charge on any atom is -0.492 e. The van der Waals surface area contributed by atoms with E-state index < -0.39 is 0 Å². The fourth-order valence-electron chi connectivity index (χ4n) is 2.63. The molecule has 0 bridgehead atoms. The number of nitrogens with zero attached hydrogens (tertiary/aromatic N) is 1. The molecule has 0 radical (unpaired) electrons. The molecule has 0 saturated carbocycles. The van der Waals surface area contributed by atoms with Gasteiger partial charge in [-0.05, 0) is 50.6 Å². The van der Waals surface area contributed by atoms with Crippen LogP contribution in [-0.4, -0.2) is 44.1 Å². The van der Waals surface area contributed by atoms with Gasteiger partial charge in [-0.1, -0.05) is 0 Å². The molecule has 2 rings (SSSR count). The highest BCUT2D eigenvalue weighted by atomic mass is 19.1. The first-order chi connectivity index (χ1) is 10.0. The molecule has 0 aromatic heterocycles. The van der Waals surface area contributed by atoms with Gasteiger partial charge in [0.2, 0.25) is 5.91 Å². The van der Waals surface area contributed by atoms with E-state index in [2.05, 4.69) is 5.32 Å². The van der Waals surface area contributed by atoms with Crippen LogP contribution in [0.5, 0.6) is 5.75 Å². The average molecular weight is 294 g/mol. The summed E-state index contributed by atoms with van der Waals surface area (Å²) in [5.74, 6) is 0.479. The number of hydrogen-bond acceptors (Lipinski definition) is 3. The van der Waals surface area contributed by atoms with Crippen LogP contribution in [0.4, 0.5) is 4.39 Å². The molecule has 1 fully saturated rings.